The maximum Gasteiger partial charge on any atom is 0.332 e. The van der Waals surface area contributed by atoms with Crippen LogP contribution in [0.15, 0.2) is 97.1 Å². The second-order valence-corrected chi connectivity index (χ2v) is 10.9. The van der Waals surface area contributed by atoms with Crippen LogP contribution in [0, 0.1) is 0 Å². The van der Waals surface area contributed by atoms with Crippen LogP contribution in [-0.2, 0) is 17.8 Å². The molecule has 9 heteroatoms. The minimum Gasteiger partial charge on any atom is -0.497 e. The molecule has 9 nitrogen and oxygen atoms in total. The van der Waals surface area contributed by atoms with Crippen molar-refractivity contribution in [1.29, 1.82) is 0 Å². The van der Waals surface area contributed by atoms with E-state index in [1.54, 1.807) is 43.4 Å². The number of nitrogens with one attached hydrogen (secondary N) is 2. The van der Waals surface area contributed by atoms with Gasteiger partial charge in [-0.25, -0.2) is 9.69 Å². The summed E-state index contributed by atoms with van der Waals surface area (Å²) in [6.07, 6.45) is 0.393. The summed E-state index contributed by atoms with van der Waals surface area (Å²) < 4.78 is 10.9. The van der Waals surface area contributed by atoms with Gasteiger partial charge < -0.3 is 19.8 Å². The van der Waals surface area contributed by atoms with Crippen LogP contribution in [0.25, 0.3) is 10.9 Å². The maximum absolute atomic E-state index is 14.1. The normalized spacial score (nSPS) is 17.4. The Bertz CT molecular complexity index is 1910. The molecule has 220 valence electrons. The zero-order valence-electron chi connectivity index (χ0n) is 24.2. The van der Waals surface area contributed by atoms with Gasteiger partial charge in [-0.2, -0.15) is 0 Å². The second kappa shape index (κ2) is 10.9. The smallest absolute Gasteiger partial charge is 0.332 e. The zero-order chi connectivity index (χ0) is 30.4. The van der Waals surface area contributed by atoms with Crippen molar-refractivity contribution < 1.29 is 23.9 Å². The topological polar surface area (TPSA) is 104 Å². The van der Waals surface area contributed by atoms with Crippen molar-refractivity contribution in [3.63, 3.8) is 0 Å². The number of aromatic nitrogens is 1. The summed E-state index contributed by atoms with van der Waals surface area (Å²) in [7, 11) is 3.19. The first-order valence-corrected chi connectivity index (χ1v) is 14.4. The fourth-order valence-corrected chi connectivity index (χ4v) is 6.36. The average Bonchev–Trinajstić information content (AvgIpc) is 3.56. The molecule has 4 aromatic carbocycles. The number of hydrogen-bond acceptors (Lipinski definition) is 5. The monoisotopic (exact) mass is 586 g/mol. The number of benzene rings is 4. The molecule has 0 aliphatic carbocycles. The van der Waals surface area contributed by atoms with Crippen molar-refractivity contribution in [2.75, 3.05) is 19.1 Å². The molecular weight excluding hydrogens is 556 g/mol. The number of anilines is 1. The molecule has 0 bridgehead atoms. The summed E-state index contributed by atoms with van der Waals surface area (Å²) in [6.45, 7) is 0.296. The van der Waals surface area contributed by atoms with Gasteiger partial charge in [-0.15, -0.1) is 0 Å². The number of carbonyl (C=O) groups excluding carboxylic acids is 3. The zero-order valence-corrected chi connectivity index (χ0v) is 24.2. The number of aromatic amines is 1. The Labute approximate surface area is 254 Å². The van der Waals surface area contributed by atoms with E-state index in [1.165, 1.54) is 4.90 Å². The van der Waals surface area contributed by atoms with Crippen LogP contribution in [0.2, 0.25) is 0 Å². The second-order valence-electron chi connectivity index (χ2n) is 10.9. The number of carbonyl (C=O) groups is 3. The summed E-state index contributed by atoms with van der Waals surface area (Å²) in [5.74, 6) is 0.781. The van der Waals surface area contributed by atoms with Crippen molar-refractivity contribution in [3.05, 3.63) is 125 Å². The van der Waals surface area contributed by atoms with E-state index >= 15 is 0 Å². The minimum atomic E-state index is -0.686. The number of ether oxygens (including phenoxy) is 2. The predicted octanol–water partition coefficient (Wildman–Crippen LogP) is 5.60. The Morgan fingerprint density at radius 1 is 0.909 bits per heavy atom. The Balaban J connectivity index is 1.19. The quantitative estimate of drug-likeness (QED) is 0.242. The van der Waals surface area contributed by atoms with Crippen LogP contribution in [0.4, 0.5) is 10.5 Å². The largest absolute Gasteiger partial charge is 0.497 e. The molecular formula is C35H30N4O5. The highest BCUT2D eigenvalue weighted by Crippen LogP contribution is 2.45. The van der Waals surface area contributed by atoms with Gasteiger partial charge in [-0.3, -0.25) is 14.5 Å². The Morgan fingerprint density at radius 3 is 2.48 bits per heavy atom. The molecule has 2 aliphatic heterocycles. The molecule has 3 heterocycles. The molecule has 2 aliphatic rings. The first kappa shape index (κ1) is 27.3. The molecule has 1 fully saturated rings. The minimum absolute atomic E-state index is 0.276. The van der Waals surface area contributed by atoms with Gasteiger partial charge in [0.2, 0.25) is 0 Å². The van der Waals surface area contributed by atoms with E-state index in [1.807, 2.05) is 72.8 Å². The van der Waals surface area contributed by atoms with Gasteiger partial charge in [0.15, 0.2) is 0 Å². The molecule has 1 aromatic heterocycles. The fraction of sp³-hybridized carbons (Fsp3) is 0.171. The number of imide groups is 1. The molecule has 2 atom stereocenters. The Kier molecular flexibility index (Phi) is 6.77. The SMILES string of the molecule is COc1cccc(C2c3[nH]c4ccccc4c3C[C@H]3C(=O)N(c4ccc(C(=O)NCc5ccccc5OC)cc4)C(=O)N23)c1. The number of fused-ring (bicyclic) bond motifs is 4. The maximum atomic E-state index is 14.1. The Morgan fingerprint density at radius 2 is 1.68 bits per heavy atom. The van der Waals surface area contributed by atoms with Gasteiger partial charge in [0, 0.05) is 40.7 Å². The molecule has 2 N–H and O–H groups in total. The average molecular weight is 587 g/mol. The highest BCUT2D eigenvalue weighted by molar-refractivity contribution is 6.22. The van der Waals surface area contributed by atoms with Crippen molar-refractivity contribution >= 4 is 34.4 Å². The lowest BCUT2D eigenvalue weighted by atomic mass is 9.89. The highest BCUT2D eigenvalue weighted by Gasteiger charge is 2.53. The number of H-pyrrole nitrogens is 1. The lowest BCUT2D eigenvalue weighted by molar-refractivity contribution is -0.120. The van der Waals surface area contributed by atoms with E-state index in [-0.39, 0.29) is 11.8 Å². The summed E-state index contributed by atoms with van der Waals surface area (Å²) in [5.41, 5.74) is 5.40. The van der Waals surface area contributed by atoms with E-state index in [4.69, 9.17) is 9.47 Å². The van der Waals surface area contributed by atoms with Crippen LogP contribution in [0.3, 0.4) is 0 Å². The van der Waals surface area contributed by atoms with Crippen molar-refractivity contribution in [2.45, 2.75) is 25.0 Å². The molecule has 1 saturated heterocycles. The summed E-state index contributed by atoms with van der Waals surface area (Å²) >= 11 is 0. The van der Waals surface area contributed by atoms with Crippen LogP contribution < -0.4 is 19.7 Å². The lowest BCUT2D eigenvalue weighted by Crippen LogP contribution is -2.44. The fourth-order valence-electron chi connectivity index (χ4n) is 6.36. The summed E-state index contributed by atoms with van der Waals surface area (Å²) in [6, 6.07) is 28.0. The Hall–Kier alpha value is -5.57. The number of rotatable bonds is 7. The molecule has 0 radical (unpaired) electrons. The van der Waals surface area contributed by atoms with Crippen molar-refractivity contribution in [1.82, 2.24) is 15.2 Å². The number of hydrogen-bond donors (Lipinski definition) is 2. The molecule has 0 spiro atoms. The lowest BCUT2D eigenvalue weighted by Gasteiger charge is -2.36. The van der Waals surface area contributed by atoms with Gasteiger partial charge in [0.1, 0.15) is 23.6 Å². The van der Waals surface area contributed by atoms with E-state index in [9.17, 15) is 14.4 Å². The number of para-hydroxylation sites is 2. The molecule has 4 amide bonds. The third-order valence-electron chi connectivity index (χ3n) is 8.48. The summed E-state index contributed by atoms with van der Waals surface area (Å²) in [5, 5.41) is 3.94. The highest BCUT2D eigenvalue weighted by atomic mass is 16.5. The van der Waals surface area contributed by atoms with Crippen LogP contribution in [0.1, 0.15) is 38.8 Å². The van der Waals surface area contributed by atoms with Crippen molar-refractivity contribution in [2.24, 2.45) is 0 Å². The summed E-state index contributed by atoms with van der Waals surface area (Å²) in [4.78, 5) is 47.5. The first-order valence-electron chi connectivity index (χ1n) is 14.4. The molecule has 1 unspecified atom stereocenters. The van der Waals surface area contributed by atoms with E-state index in [0.717, 1.165) is 33.3 Å². The molecule has 5 aromatic rings. The number of methoxy groups -OCH3 is 2. The van der Waals surface area contributed by atoms with Crippen LogP contribution >= 0.6 is 0 Å². The van der Waals surface area contributed by atoms with Gasteiger partial charge in [-0.05, 0) is 59.7 Å². The third kappa shape index (κ3) is 4.44. The molecule has 7 rings (SSSR count). The first-order chi connectivity index (χ1) is 21.5. The molecule has 0 saturated carbocycles. The number of amides is 4. The van der Waals surface area contributed by atoms with Crippen LogP contribution in [-0.4, -0.2) is 48.0 Å². The standard InChI is InChI=1S/C35H30N4O5/c1-43-25-10-7-9-22(18-25)32-31-27(26-11-4-5-12-28(26)37-31)19-29-34(41)38(35(42)39(29)32)24-16-14-21(15-17-24)33(40)36-20-23-8-3-6-13-30(23)44-2/h3-18,29,32,37H,19-20H2,1-2H3,(H,36,40)/t29-,32?/m0/s1. The van der Waals surface area contributed by atoms with Gasteiger partial charge in [0.05, 0.1) is 19.9 Å². The number of urea groups is 1. The van der Waals surface area contributed by atoms with Gasteiger partial charge >= 0.3 is 6.03 Å². The van der Waals surface area contributed by atoms with Crippen LogP contribution in [0.5, 0.6) is 11.5 Å². The van der Waals surface area contributed by atoms with E-state index in [2.05, 4.69) is 10.3 Å². The van der Waals surface area contributed by atoms with Gasteiger partial charge in [0.25, 0.3) is 11.8 Å². The third-order valence-corrected chi connectivity index (χ3v) is 8.48. The predicted molar refractivity (Wildman–Crippen MR) is 166 cm³/mol. The van der Waals surface area contributed by atoms with Crippen molar-refractivity contribution in [3.8, 4) is 11.5 Å². The van der Waals surface area contributed by atoms with E-state index < -0.39 is 18.1 Å². The number of nitrogens with zero attached hydrogens (tertiary/aromatic N) is 2. The molecule has 44 heavy (non-hydrogen) atoms. The van der Waals surface area contributed by atoms with Gasteiger partial charge in [-0.1, -0.05) is 48.5 Å². The van der Waals surface area contributed by atoms with E-state index in [0.29, 0.717) is 35.7 Å².